The Morgan fingerprint density at radius 1 is 1.18 bits per heavy atom. The maximum atomic E-state index is 12.1. The molecule has 1 atom stereocenters. The van der Waals surface area contributed by atoms with Crippen LogP contribution in [0.25, 0.3) is 0 Å². The molecule has 2 rings (SSSR count). The van der Waals surface area contributed by atoms with E-state index in [9.17, 15) is 9.59 Å². The number of esters is 1. The van der Waals surface area contributed by atoms with Gasteiger partial charge in [0.05, 0.1) is 6.61 Å². The third kappa shape index (κ3) is 4.33. The summed E-state index contributed by atoms with van der Waals surface area (Å²) in [7, 11) is 0. The Morgan fingerprint density at radius 2 is 1.82 bits per heavy atom. The van der Waals surface area contributed by atoms with Crippen molar-refractivity contribution in [1.82, 2.24) is 5.32 Å². The van der Waals surface area contributed by atoms with E-state index in [2.05, 4.69) is 5.32 Å². The summed E-state index contributed by atoms with van der Waals surface area (Å²) >= 11 is 0. The fourth-order valence-electron chi connectivity index (χ4n) is 2.95. The van der Waals surface area contributed by atoms with E-state index in [1.54, 1.807) is 13.8 Å². The number of rotatable bonds is 5. The number of carbonyl (C=O) groups is 2. The van der Waals surface area contributed by atoms with Crippen LogP contribution in [0.5, 0.6) is 0 Å². The van der Waals surface area contributed by atoms with Crippen molar-refractivity contribution >= 4 is 11.9 Å². The molecule has 0 heterocycles. The standard InChI is InChI=1S/C18H25NO3/c1-3-22-18(21)13(2)19-17(20)16-11-9-15(10-12-16)14-7-5-4-6-8-14/h9-14H,3-8H2,1-2H3,(H,19,20). The van der Waals surface area contributed by atoms with Gasteiger partial charge in [-0.05, 0) is 50.3 Å². The summed E-state index contributed by atoms with van der Waals surface area (Å²) in [5, 5.41) is 2.67. The third-order valence-corrected chi connectivity index (χ3v) is 4.24. The van der Waals surface area contributed by atoms with Gasteiger partial charge in [0, 0.05) is 5.56 Å². The number of benzene rings is 1. The highest BCUT2D eigenvalue weighted by Gasteiger charge is 2.19. The molecule has 0 aromatic heterocycles. The minimum Gasteiger partial charge on any atom is -0.464 e. The van der Waals surface area contributed by atoms with Crippen LogP contribution in [0.1, 0.15) is 67.8 Å². The molecule has 1 aliphatic carbocycles. The zero-order valence-electron chi connectivity index (χ0n) is 13.4. The molecule has 0 spiro atoms. The van der Waals surface area contributed by atoms with Crippen LogP contribution < -0.4 is 5.32 Å². The minimum atomic E-state index is -0.634. The zero-order valence-corrected chi connectivity index (χ0v) is 13.4. The van der Waals surface area contributed by atoms with E-state index in [1.165, 1.54) is 37.7 Å². The molecule has 0 aliphatic heterocycles. The first kappa shape index (κ1) is 16.5. The predicted octanol–water partition coefficient (Wildman–Crippen LogP) is 3.42. The van der Waals surface area contributed by atoms with Gasteiger partial charge in [0.15, 0.2) is 0 Å². The number of amides is 1. The Balaban J connectivity index is 1.94. The van der Waals surface area contributed by atoms with E-state index in [0.717, 1.165) is 0 Å². The van der Waals surface area contributed by atoms with Gasteiger partial charge < -0.3 is 10.1 Å². The van der Waals surface area contributed by atoms with Gasteiger partial charge in [-0.15, -0.1) is 0 Å². The first-order chi connectivity index (χ1) is 10.6. The lowest BCUT2D eigenvalue weighted by atomic mass is 9.84. The van der Waals surface area contributed by atoms with Crippen LogP contribution in [-0.4, -0.2) is 24.5 Å². The second-order valence-corrected chi connectivity index (χ2v) is 5.90. The molecule has 4 heteroatoms. The largest absolute Gasteiger partial charge is 0.464 e. The van der Waals surface area contributed by atoms with Crippen molar-refractivity contribution in [2.24, 2.45) is 0 Å². The fourth-order valence-corrected chi connectivity index (χ4v) is 2.95. The van der Waals surface area contributed by atoms with Crippen LogP contribution in [0.4, 0.5) is 0 Å². The number of nitrogens with one attached hydrogen (secondary N) is 1. The zero-order chi connectivity index (χ0) is 15.9. The minimum absolute atomic E-state index is 0.240. The van der Waals surface area contributed by atoms with Gasteiger partial charge in [0.25, 0.3) is 5.91 Å². The second kappa shape index (κ2) is 7.97. The summed E-state index contributed by atoms with van der Waals surface area (Å²) in [4.78, 5) is 23.7. The lowest BCUT2D eigenvalue weighted by Crippen LogP contribution is -2.39. The topological polar surface area (TPSA) is 55.4 Å². The summed E-state index contributed by atoms with van der Waals surface area (Å²) in [5.41, 5.74) is 1.89. The Morgan fingerprint density at radius 3 is 2.41 bits per heavy atom. The van der Waals surface area contributed by atoms with Crippen molar-refractivity contribution in [3.8, 4) is 0 Å². The Hall–Kier alpha value is -1.84. The van der Waals surface area contributed by atoms with Gasteiger partial charge >= 0.3 is 5.97 Å². The lowest BCUT2D eigenvalue weighted by Gasteiger charge is -2.22. The SMILES string of the molecule is CCOC(=O)C(C)NC(=O)c1ccc(C2CCCCC2)cc1. The van der Waals surface area contributed by atoms with E-state index < -0.39 is 12.0 Å². The average Bonchev–Trinajstić information content (AvgIpc) is 2.56. The summed E-state index contributed by atoms with van der Waals surface area (Å²) < 4.78 is 4.89. The normalized spacial score (nSPS) is 16.8. The Labute approximate surface area is 132 Å². The van der Waals surface area contributed by atoms with Crippen LogP contribution in [0, 0.1) is 0 Å². The highest BCUT2D eigenvalue weighted by Crippen LogP contribution is 2.32. The molecule has 1 aromatic rings. The fraction of sp³-hybridized carbons (Fsp3) is 0.556. The van der Waals surface area contributed by atoms with Gasteiger partial charge in [0.2, 0.25) is 0 Å². The molecule has 1 N–H and O–H groups in total. The number of carbonyl (C=O) groups excluding carboxylic acids is 2. The Kier molecular flexibility index (Phi) is 5.99. The van der Waals surface area contributed by atoms with Crippen LogP contribution in [0.2, 0.25) is 0 Å². The molecule has 4 nitrogen and oxygen atoms in total. The van der Waals surface area contributed by atoms with E-state index in [1.807, 2.05) is 24.3 Å². The number of ether oxygens (including phenoxy) is 1. The van der Waals surface area contributed by atoms with Crippen LogP contribution in [0.15, 0.2) is 24.3 Å². The molecule has 22 heavy (non-hydrogen) atoms. The summed E-state index contributed by atoms with van der Waals surface area (Å²) in [5.74, 6) is -0.0188. The van der Waals surface area contributed by atoms with Gasteiger partial charge in [-0.25, -0.2) is 4.79 Å². The monoisotopic (exact) mass is 303 g/mol. The average molecular weight is 303 g/mol. The van der Waals surface area contributed by atoms with E-state index in [0.29, 0.717) is 18.1 Å². The maximum absolute atomic E-state index is 12.1. The van der Waals surface area contributed by atoms with E-state index in [-0.39, 0.29) is 5.91 Å². The number of hydrogen-bond donors (Lipinski definition) is 1. The second-order valence-electron chi connectivity index (χ2n) is 5.90. The molecule has 0 bridgehead atoms. The lowest BCUT2D eigenvalue weighted by molar-refractivity contribution is -0.144. The molecule has 0 radical (unpaired) electrons. The summed E-state index contributed by atoms with van der Waals surface area (Å²) in [6, 6.07) is 7.14. The van der Waals surface area contributed by atoms with Crippen molar-refractivity contribution in [2.45, 2.75) is 57.9 Å². The van der Waals surface area contributed by atoms with E-state index >= 15 is 0 Å². The van der Waals surface area contributed by atoms with Crippen molar-refractivity contribution in [3.05, 3.63) is 35.4 Å². The highest BCUT2D eigenvalue weighted by atomic mass is 16.5. The summed E-state index contributed by atoms with van der Waals surface area (Å²) in [6.45, 7) is 3.69. The molecular weight excluding hydrogens is 278 g/mol. The molecule has 120 valence electrons. The molecule has 1 saturated carbocycles. The van der Waals surface area contributed by atoms with Gasteiger partial charge in [-0.3, -0.25) is 4.79 Å². The molecule has 1 aromatic carbocycles. The maximum Gasteiger partial charge on any atom is 0.328 e. The van der Waals surface area contributed by atoms with Crippen LogP contribution in [-0.2, 0) is 9.53 Å². The van der Waals surface area contributed by atoms with Crippen molar-refractivity contribution in [2.75, 3.05) is 6.61 Å². The molecule has 1 fully saturated rings. The van der Waals surface area contributed by atoms with Gasteiger partial charge in [-0.2, -0.15) is 0 Å². The van der Waals surface area contributed by atoms with Crippen LogP contribution >= 0.6 is 0 Å². The van der Waals surface area contributed by atoms with Crippen molar-refractivity contribution < 1.29 is 14.3 Å². The van der Waals surface area contributed by atoms with Crippen molar-refractivity contribution in [1.29, 1.82) is 0 Å². The Bertz CT molecular complexity index is 504. The molecule has 0 saturated heterocycles. The van der Waals surface area contributed by atoms with E-state index in [4.69, 9.17) is 4.74 Å². The molecule has 1 unspecified atom stereocenters. The third-order valence-electron chi connectivity index (χ3n) is 4.24. The first-order valence-electron chi connectivity index (χ1n) is 8.19. The van der Waals surface area contributed by atoms with Gasteiger partial charge in [-0.1, -0.05) is 31.4 Å². The summed E-state index contributed by atoms with van der Waals surface area (Å²) in [6.07, 6.45) is 6.41. The molecular formula is C18H25NO3. The number of hydrogen-bond acceptors (Lipinski definition) is 3. The highest BCUT2D eigenvalue weighted by molar-refractivity contribution is 5.96. The predicted molar refractivity (Wildman–Crippen MR) is 85.8 cm³/mol. The molecule has 1 aliphatic rings. The van der Waals surface area contributed by atoms with Crippen molar-refractivity contribution in [3.63, 3.8) is 0 Å². The van der Waals surface area contributed by atoms with Crippen LogP contribution in [0.3, 0.4) is 0 Å². The molecule has 1 amide bonds. The smallest absolute Gasteiger partial charge is 0.328 e. The first-order valence-corrected chi connectivity index (χ1v) is 8.19. The van der Waals surface area contributed by atoms with Gasteiger partial charge in [0.1, 0.15) is 6.04 Å². The quantitative estimate of drug-likeness (QED) is 0.848.